The Balaban J connectivity index is 2.22. The van der Waals surface area contributed by atoms with Gasteiger partial charge in [-0.15, -0.1) is 0 Å². The summed E-state index contributed by atoms with van der Waals surface area (Å²) in [6.07, 6.45) is 0.110. The predicted octanol–water partition coefficient (Wildman–Crippen LogP) is 3.81. The van der Waals surface area contributed by atoms with Crippen LogP contribution in [0.3, 0.4) is 0 Å². The van der Waals surface area contributed by atoms with Gasteiger partial charge >= 0.3 is 5.97 Å². The highest BCUT2D eigenvalue weighted by molar-refractivity contribution is 5.90. The molecule has 2 aromatic carbocycles. The Hall–Kier alpha value is -3.56. The molecule has 3 rings (SSSR count). The smallest absolute Gasteiger partial charge is 0.316 e. The summed E-state index contributed by atoms with van der Waals surface area (Å²) in [6.45, 7) is 6.27. The summed E-state index contributed by atoms with van der Waals surface area (Å²) in [4.78, 5) is 25.9. The van der Waals surface area contributed by atoms with Crippen molar-refractivity contribution < 1.29 is 38.7 Å². The fourth-order valence-electron chi connectivity index (χ4n) is 3.54. The van der Waals surface area contributed by atoms with E-state index in [2.05, 4.69) is 0 Å². The van der Waals surface area contributed by atoms with E-state index in [1.54, 1.807) is 32.9 Å². The van der Waals surface area contributed by atoms with Crippen molar-refractivity contribution >= 4 is 16.9 Å². The lowest BCUT2D eigenvalue weighted by Gasteiger charge is -2.18. The molecule has 0 spiro atoms. The summed E-state index contributed by atoms with van der Waals surface area (Å²) in [5, 5.41) is 29.5. The molecule has 1 heterocycles. The van der Waals surface area contributed by atoms with Crippen LogP contribution in [0.15, 0.2) is 39.5 Å². The van der Waals surface area contributed by atoms with Crippen molar-refractivity contribution in [3.8, 4) is 34.3 Å². The molecule has 0 saturated heterocycles. The minimum absolute atomic E-state index is 0.0329. The molecule has 0 amide bonds. The van der Waals surface area contributed by atoms with Gasteiger partial charge in [-0.25, -0.2) is 0 Å². The molecular formula is C27H32O9. The lowest BCUT2D eigenvalue weighted by Crippen LogP contribution is -2.26. The Morgan fingerprint density at radius 3 is 2.47 bits per heavy atom. The monoisotopic (exact) mass is 500 g/mol. The summed E-state index contributed by atoms with van der Waals surface area (Å²) in [5.41, 5.74) is -0.126. The largest absolute Gasteiger partial charge is 0.504 e. The van der Waals surface area contributed by atoms with Crippen LogP contribution >= 0.6 is 0 Å². The van der Waals surface area contributed by atoms with E-state index in [0.717, 1.165) is 6.42 Å². The van der Waals surface area contributed by atoms with Crippen LogP contribution in [-0.2, 0) is 11.2 Å². The van der Waals surface area contributed by atoms with Gasteiger partial charge in [-0.2, -0.15) is 0 Å². The van der Waals surface area contributed by atoms with E-state index in [9.17, 15) is 19.8 Å². The number of hydrogen-bond acceptors (Lipinski definition) is 9. The number of carbonyl (C=O) groups is 1. The van der Waals surface area contributed by atoms with Crippen LogP contribution in [-0.4, -0.2) is 47.7 Å². The number of methoxy groups -OCH3 is 1. The highest BCUT2D eigenvalue weighted by Gasteiger charge is 2.26. The maximum absolute atomic E-state index is 13.3. The van der Waals surface area contributed by atoms with Gasteiger partial charge in [-0.3, -0.25) is 9.59 Å². The Morgan fingerprint density at radius 1 is 1.14 bits per heavy atom. The van der Waals surface area contributed by atoms with Gasteiger partial charge in [0.25, 0.3) is 0 Å². The maximum Gasteiger partial charge on any atom is 0.316 e. The van der Waals surface area contributed by atoms with Crippen LogP contribution in [0, 0.1) is 5.41 Å². The van der Waals surface area contributed by atoms with Gasteiger partial charge in [0.15, 0.2) is 16.9 Å². The lowest BCUT2D eigenvalue weighted by molar-refractivity contribution is -0.142. The molecule has 9 nitrogen and oxygen atoms in total. The van der Waals surface area contributed by atoms with E-state index in [4.69, 9.17) is 23.7 Å². The van der Waals surface area contributed by atoms with Crippen molar-refractivity contribution in [1.29, 1.82) is 0 Å². The average Bonchev–Trinajstić information content (AvgIpc) is 2.82. The van der Waals surface area contributed by atoms with Crippen molar-refractivity contribution in [2.45, 2.75) is 46.6 Å². The zero-order chi connectivity index (χ0) is 26.6. The normalized spacial score (nSPS) is 12.4. The molecule has 0 bridgehead atoms. The van der Waals surface area contributed by atoms with Gasteiger partial charge in [-0.05, 0) is 39.3 Å². The van der Waals surface area contributed by atoms with Crippen molar-refractivity contribution in [3.63, 3.8) is 0 Å². The second-order valence-corrected chi connectivity index (χ2v) is 9.45. The van der Waals surface area contributed by atoms with Crippen LogP contribution in [0.2, 0.25) is 0 Å². The number of aromatic hydroxyl groups is 1. The zero-order valence-electron chi connectivity index (χ0n) is 21.1. The minimum atomic E-state index is -1.13. The number of benzene rings is 2. The molecule has 9 heteroatoms. The molecule has 3 aromatic rings. The van der Waals surface area contributed by atoms with E-state index < -0.39 is 29.5 Å². The lowest BCUT2D eigenvalue weighted by atomic mass is 9.97. The number of rotatable bonds is 9. The molecule has 194 valence electrons. The standard InChI is InChI=1S/C27H32O9/c1-6-7-18-17(8-9-20(33-5)25(18)31)21-12-19(30)24-22(35-21)10-16(34-14-15(29)13-28)11-23(24)36-26(32)27(2,3)4/h8-12,15,28-29,31H,6-7,13-14H2,1-5H3. The molecule has 0 aliphatic heterocycles. The average molecular weight is 501 g/mol. The first-order valence-corrected chi connectivity index (χ1v) is 11.6. The fraction of sp³-hybridized carbons (Fsp3) is 0.407. The summed E-state index contributed by atoms with van der Waals surface area (Å²) >= 11 is 0. The van der Waals surface area contributed by atoms with E-state index >= 15 is 0 Å². The molecule has 0 saturated carbocycles. The molecule has 0 aliphatic rings. The van der Waals surface area contributed by atoms with Crippen molar-refractivity contribution in [1.82, 2.24) is 0 Å². The van der Waals surface area contributed by atoms with Crippen molar-refractivity contribution in [3.05, 3.63) is 46.1 Å². The Morgan fingerprint density at radius 2 is 1.86 bits per heavy atom. The highest BCUT2D eigenvalue weighted by Crippen LogP contribution is 2.39. The molecule has 0 aliphatic carbocycles. The predicted molar refractivity (Wildman–Crippen MR) is 134 cm³/mol. The Kier molecular flexibility index (Phi) is 8.27. The summed E-state index contributed by atoms with van der Waals surface area (Å²) in [6, 6.07) is 7.38. The Bertz CT molecular complexity index is 1300. The number of phenols is 1. The van der Waals surface area contributed by atoms with Gasteiger partial charge in [-0.1, -0.05) is 13.3 Å². The van der Waals surface area contributed by atoms with Crippen LogP contribution in [0.1, 0.15) is 39.7 Å². The van der Waals surface area contributed by atoms with Crippen molar-refractivity contribution in [2.24, 2.45) is 5.41 Å². The second kappa shape index (κ2) is 11.0. The maximum atomic E-state index is 13.3. The molecule has 0 radical (unpaired) electrons. The highest BCUT2D eigenvalue weighted by atomic mass is 16.5. The molecule has 1 unspecified atom stereocenters. The quantitative estimate of drug-likeness (QED) is 0.296. The number of hydrogen-bond donors (Lipinski definition) is 3. The molecule has 1 atom stereocenters. The number of fused-ring (bicyclic) bond motifs is 1. The number of phenolic OH excluding ortho intramolecular Hbond substituents is 1. The van der Waals surface area contributed by atoms with Gasteiger partial charge < -0.3 is 33.9 Å². The van der Waals surface area contributed by atoms with Crippen LogP contribution < -0.4 is 19.6 Å². The number of aliphatic hydroxyl groups excluding tert-OH is 2. The van der Waals surface area contributed by atoms with E-state index in [1.807, 2.05) is 6.92 Å². The van der Waals surface area contributed by atoms with Gasteiger partial charge in [0.2, 0.25) is 0 Å². The van der Waals surface area contributed by atoms with Gasteiger partial charge in [0, 0.05) is 29.3 Å². The third-order valence-electron chi connectivity index (χ3n) is 5.47. The number of ether oxygens (including phenoxy) is 3. The van der Waals surface area contributed by atoms with Crippen molar-refractivity contribution in [2.75, 3.05) is 20.3 Å². The summed E-state index contributed by atoms with van der Waals surface area (Å²) in [7, 11) is 1.45. The first kappa shape index (κ1) is 27.0. The first-order valence-electron chi connectivity index (χ1n) is 11.6. The number of aliphatic hydroxyl groups is 2. The minimum Gasteiger partial charge on any atom is -0.504 e. The van der Waals surface area contributed by atoms with Crippen LogP contribution in [0.5, 0.6) is 23.0 Å². The third-order valence-corrected chi connectivity index (χ3v) is 5.47. The second-order valence-electron chi connectivity index (χ2n) is 9.45. The van der Waals surface area contributed by atoms with Gasteiger partial charge in [0.1, 0.15) is 40.9 Å². The molecule has 36 heavy (non-hydrogen) atoms. The molecule has 0 fully saturated rings. The van der Waals surface area contributed by atoms with E-state index in [0.29, 0.717) is 23.3 Å². The van der Waals surface area contributed by atoms with Crippen LogP contribution in [0.25, 0.3) is 22.3 Å². The fourth-order valence-corrected chi connectivity index (χ4v) is 3.54. The van der Waals surface area contributed by atoms with Crippen LogP contribution in [0.4, 0.5) is 0 Å². The summed E-state index contributed by atoms with van der Waals surface area (Å²) < 4.78 is 22.4. The molecule has 3 N–H and O–H groups in total. The zero-order valence-corrected chi connectivity index (χ0v) is 21.1. The number of carbonyl (C=O) groups excluding carboxylic acids is 1. The SMILES string of the molecule is CCCc1c(-c2cc(=O)c3c(OC(=O)C(C)(C)C)cc(OCC(O)CO)cc3o2)ccc(OC)c1O. The van der Waals surface area contributed by atoms with E-state index in [1.165, 1.54) is 25.3 Å². The third kappa shape index (κ3) is 5.80. The number of esters is 1. The summed E-state index contributed by atoms with van der Waals surface area (Å²) in [5.74, 6) is 0.0277. The Labute approximate surface area is 208 Å². The molecule has 1 aromatic heterocycles. The topological polar surface area (TPSA) is 136 Å². The first-order chi connectivity index (χ1) is 17.0. The molecular weight excluding hydrogens is 468 g/mol. The van der Waals surface area contributed by atoms with Gasteiger partial charge in [0.05, 0.1) is 19.1 Å². The van der Waals surface area contributed by atoms with E-state index in [-0.39, 0.29) is 40.6 Å².